The number of anilines is 1. The fourth-order valence-corrected chi connectivity index (χ4v) is 3.81. The molecular weight excluding hydrogens is 338 g/mol. The Morgan fingerprint density at radius 3 is 2.91 bits per heavy atom. The first-order valence-electron chi connectivity index (χ1n) is 6.18. The Kier molecular flexibility index (Phi) is 4.20. The summed E-state index contributed by atoms with van der Waals surface area (Å²) in [5.41, 5.74) is -0.0105. The molecule has 0 radical (unpaired) electrons. The molecule has 22 heavy (non-hydrogen) atoms. The first-order valence-corrected chi connectivity index (χ1v) is 8.26. The van der Waals surface area contributed by atoms with Crippen molar-refractivity contribution in [2.24, 2.45) is 0 Å². The maximum Gasteiger partial charge on any atom is 0.268 e. The molecule has 108 valence electrons. The van der Waals surface area contributed by atoms with E-state index in [2.05, 4.69) is 10.3 Å². The summed E-state index contributed by atoms with van der Waals surface area (Å²) in [7, 11) is 0. The molecule has 1 amide bonds. The molecule has 0 fully saturated rings. The highest BCUT2D eigenvalue weighted by atomic mass is 35.5. The maximum absolute atomic E-state index is 12.1. The van der Waals surface area contributed by atoms with E-state index in [9.17, 15) is 10.1 Å². The fraction of sp³-hybridized carbons (Fsp3) is 0. The smallest absolute Gasteiger partial charge is 0.268 e. The maximum atomic E-state index is 12.1. The number of rotatable bonds is 3. The number of halogens is 1. The summed E-state index contributed by atoms with van der Waals surface area (Å²) in [6.07, 6.45) is 3.09. The van der Waals surface area contributed by atoms with Gasteiger partial charge in [0.15, 0.2) is 5.13 Å². The van der Waals surface area contributed by atoms with Crippen molar-refractivity contribution in [3.63, 3.8) is 0 Å². The van der Waals surface area contributed by atoms with E-state index >= 15 is 0 Å². The van der Waals surface area contributed by atoms with Crippen LogP contribution in [0.3, 0.4) is 0 Å². The molecule has 3 rings (SSSR count). The molecule has 0 aliphatic rings. The lowest BCUT2D eigenvalue weighted by Gasteiger charge is -1.99. The van der Waals surface area contributed by atoms with E-state index < -0.39 is 5.91 Å². The highest BCUT2D eigenvalue weighted by Gasteiger charge is 2.14. The molecule has 0 bridgehead atoms. The average molecular weight is 346 g/mol. The van der Waals surface area contributed by atoms with Gasteiger partial charge in [0.25, 0.3) is 5.91 Å². The highest BCUT2D eigenvalue weighted by Crippen LogP contribution is 2.36. The van der Waals surface area contributed by atoms with E-state index in [-0.39, 0.29) is 5.57 Å². The van der Waals surface area contributed by atoms with Crippen LogP contribution in [-0.2, 0) is 4.79 Å². The van der Waals surface area contributed by atoms with Crippen molar-refractivity contribution in [3.05, 3.63) is 51.3 Å². The van der Waals surface area contributed by atoms with Crippen molar-refractivity contribution in [1.29, 1.82) is 5.26 Å². The number of nitrogens with zero attached hydrogens (tertiary/aromatic N) is 2. The standard InChI is InChI=1S/C15H8ClN3OS2/c16-13-10-3-1-2-4-11(10)22-12(13)7-9(8-17)14(20)19-15-18-5-6-21-15/h1-7H,(H,18,19,20)/b9-7+. The van der Waals surface area contributed by atoms with Gasteiger partial charge in [0, 0.05) is 26.5 Å². The number of carbonyl (C=O) groups is 1. The highest BCUT2D eigenvalue weighted by molar-refractivity contribution is 7.20. The van der Waals surface area contributed by atoms with Gasteiger partial charge in [-0.2, -0.15) is 5.26 Å². The quantitative estimate of drug-likeness (QED) is 0.559. The van der Waals surface area contributed by atoms with Gasteiger partial charge in [0.1, 0.15) is 11.6 Å². The van der Waals surface area contributed by atoms with Crippen molar-refractivity contribution in [2.45, 2.75) is 0 Å². The van der Waals surface area contributed by atoms with E-state index in [1.165, 1.54) is 28.7 Å². The van der Waals surface area contributed by atoms with Crippen LogP contribution >= 0.6 is 34.3 Å². The third kappa shape index (κ3) is 2.88. The summed E-state index contributed by atoms with van der Waals surface area (Å²) in [5.74, 6) is -0.494. The van der Waals surface area contributed by atoms with Crippen molar-refractivity contribution in [3.8, 4) is 6.07 Å². The lowest BCUT2D eigenvalue weighted by molar-refractivity contribution is -0.112. The predicted octanol–water partition coefficient (Wildman–Crippen LogP) is 4.56. The first kappa shape index (κ1) is 14.7. The summed E-state index contributed by atoms with van der Waals surface area (Å²) >= 11 is 9.05. The van der Waals surface area contributed by atoms with Gasteiger partial charge in [0.2, 0.25) is 0 Å². The van der Waals surface area contributed by atoms with Crippen molar-refractivity contribution < 1.29 is 4.79 Å². The molecular formula is C15H8ClN3OS2. The summed E-state index contributed by atoms with van der Waals surface area (Å²) in [6.45, 7) is 0. The Morgan fingerprint density at radius 1 is 1.41 bits per heavy atom. The third-order valence-electron chi connectivity index (χ3n) is 2.85. The van der Waals surface area contributed by atoms with E-state index in [1.54, 1.807) is 11.6 Å². The topological polar surface area (TPSA) is 65.8 Å². The minimum atomic E-state index is -0.494. The van der Waals surface area contributed by atoms with Gasteiger partial charge in [-0.1, -0.05) is 29.8 Å². The number of thiophene rings is 1. The van der Waals surface area contributed by atoms with Crippen LogP contribution in [0.5, 0.6) is 0 Å². The van der Waals surface area contributed by atoms with Crippen LogP contribution in [0, 0.1) is 11.3 Å². The Hall–Kier alpha value is -2.20. The number of carbonyl (C=O) groups excluding carboxylic acids is 1. The number of nitriles is 1. The van der Waals surface area contributed by atoms with Crippen LogP contribution in [0.15, 0.2) is 41.4 Å². The molecule has 0 atom stereocenters. The molecule has 0 saturated carbocycles. The first-order chi connectivity index (χ1) is 10.7. The number of hydrogen-bond donors (Lipinski definition) is 1. The van der Waals surface area contributed by atoms with Crippen LogP contribution in [-0.4, -0.2) is 10.9 Å². The molecule has 0 saturated heterocycles. The zero-order valence-corrected chi connectivity index (χ0v) is 13.4. The summed E-state index contributed by atoms with van der Waals surface area (Å²) in [6, 6.07) is 9.58. The fourth-order valence-electron chi connectivity index (χ4n) is 1.86. The van der Waals surface area contributed by atoms with Gasteiger partial charge >= 0.3 is 0 Å². The number of thiazole rings is 1. The molecule has 0 aliphatic carbocycles. The minimum absolute atomic E-state index is 0.0105. The van der Waals surface area contributed by atoms with E-state index in [1.807, 2.05) is 30.3 Å². The van der Waals surface area contributed by atoms with Gasteiger partial charge in [-0.3, -0.25) is 10.1 Å². The Labute approximate surface area is 139 Å². The summed E-state index contributed by atoms with van der Waals surface area (Å²) in [4.78, 5) is 16.7. The van der Waals surface area contributed by atoms with Crippen LogP contribution < -0.4 is 5.32 Å². The second-order valence-corrected chi connectivity index (χ2v) is 6.59. The number of amides is 1. The molecule has 2 aromatic heterocycles. The lowest BCUT2D eigenvalue weighted by Crippen LogP contribution is -2.13. The van der Waals surface area contributed by atoms with E-state index in [0.29, 0.717) is 15.0 Å². The number of hydrogen-bond acceptors (Lipinski definition) is 5. The normalized spacial score (nSPS) is 11.4. The second-order valence-electron chi connectivity index (χ2n) is 4.24. The van der Waals surface area contributed by atoms with Gasteiger partial charge in [-0.05, 0) is 12.1 Å². The van der Waals surface area contributed by atoms with Crippen LogP contribution in [0.4, 0.5) is 5.13 Å². The van der Waals surface area contributed by atoms with E-state index in [4.69, 9.17) is 11.6 Å². The molecule has 2 heterocycles. The predicted molar refractivity (Wildman–Crippen MR) is 91.2 cm³/mol. The molecule has 1 aromatic carbocycles. The molecule has 0 aliphatic heterocycles. The van der Waals surface area contributed by atoms with Crippen LogP contribution in [0.1, 0.15) is 4.88 Å². The SMILES string of the molecule is N#C/C(=C\c1sc2ccccc2c1Cl)C(=O)Nc1nccs1. The molecule has 4 nitrogen and oxygen atoms in total. The van der Waals surface area contributed by atoms with Gasteiger partial charge in [0.05, 0.1) is 5.02 Å². The third-order valence-corrected chi connectivity index (χ3v) is 5.18. The summed E-state index contributed by atoms with van der Waals surface area (Å²) in [5, 5.41) is 15.5. The van der Waals surface area contributed by atoms with Crippen LogP contribution in [0.25, 0.3) is 16.2 Å². The molecule has 1 N–H and O–H groups in total. The minimum Gasteiger partial charge on any atom is -0.297 e. The number of fused-ring (bicyclic) bond motifs is 1. The zero-order chi connectivity index (χ0) is 15.5. The van der Waals surface area contributed by atoms with Crippen molar-refractivity contribution in [2.75, 3.05) is 5.32 Å². The monoisotopic (exact) mass is 345 g/mol. The summed E-state index contributed by atoms with van der Waals surface area (Å²) < 4.78 is 1.01. The number of aromatic nitrogens is 1. The zero-order valence-electron chi connectivity index (χ0n) is 11.0. The van der Waals surface area contributed by atoms with Gasteiger partial charge < -0.3 is 0 Å². The Balaban J connectivity index is 1.95. The number of nitrogens with one attached hydrogen (secondary N) is 1. The van der Waals surface area contributed by atoms with Gasteiger partial charge in [-0.15, -0.1) is 22.7 Å². The Morgan fingerprint density at radius 2 is 2.23 bits per heavy atom. The molecule has 7 heteroatoms. The number of benzene rings is 1. The average Bonchev–Trinajstić information content (AvgIpc) is 3.14. The molecule has 0 unspecified atom stereocenters. The van der Waals surface area contributed by atoms with Gasteiger partial charge in [-0.25, -0.2) is 4.98 Å². The van der Waals surface area contributed by atoms with Crippen LogP contribution in [0.2, 0.25) is 5.02 Å². The molecule has 0 spiro atoms. The second kappa shape index (κ2) is 6.28. The van der Waals surface area contributed by atoms with Crippen molar-refractivity contribution >= 4 is 61.5 Å². The van der Waals surface area contributed by atoms with Crippen molar-refractivity contribution in [1.82, 2.24) is 4.98 Å². The lowest BCUT2D eigenvalue weighted by atomic mass is 10.2. The van der Waals surface area contributed by atoms with E-state index in [0.717, 1.165) is 10.1 Å². The Bertz CT molecular complexity index is 907. The largest absolute Gasteiger partial charge is 0.297 e. The molecule has 3 aromatic rings.